The Balaban J connectivity index is 1.39. The van der Waals surface area contributed by atoms with E-state index in [0.717, 1.165) is 16.5 Å². The maximum absolute atomic E-state index is 13.2. The molecule has 1 atom stereocenters. The molecule has 4 aromatic rings. The molecule has 2 aromatic carbocycles. The number of hydrogen-bond donors (Lipinski definition) is 2. The number of furan rings is 1. The first-order valence-electron chi connectivity index (χ1n) is 10.4. The number of para-hydroxylation sites is 1. The van der Waals surface area contributed by atoms with Gasteiger partial charge in [0.05, 0.1) is 11.7 Å². The van der Waals surface area contributed by atoms with Crippen LogP contribution in [0.2, 0.25) is 0 Å². The molecular formula is C24H20N4O4S. The van der Waals surface area contributed by atoms with Crippen LogP contribution in [-0.2, 0) is 10.5 Å². The molecule has 9 heteroatoms. The van der Waals surface area contributed by atoms with Crippen LogP contribution in [0, 0.1) is 0 Å². The monoisotopic (exact) mass is 460 g/mol. The molecule has 3 heterocycles. The number of rotatable bonds is 6. The van der Waals surface area contributed by atoms with E-state index in [1.165, 1.54) is 11.8 Å². The lowest BCUT2D eigenvalue weighted by atomic mass is 10.1. The molecule has 5 rings (SSSR count). The highest BCUT2D eigenvalue weighted by molar-refractivity contribution is 7.98. The molecule has 0 radical (unpaired) electrons. The Bertz CT molecular complexity index is 1340. The highest BCUT2D eigenvalue weighted by atomic mass is 32.2. The van der Waals surface area contributed by atoms with Gasteiger partial charge in [-0.3, -0.25) is 9.59 Å². The summed E-state index contributed by atoms with van der Waals surface area (Å²) in [7, 11) is 0. The molecule has 2 amide bonds. The second-order valence-electron chi connectivity index (χ2n) is 7.51. The predicted molar refractivity (Wildman–Crippen MR) is 124 cm³/mol. The largest absolute Gasteiger partial charge is 0.482 e. The van der Waals surface area contributed by atoms with Gasteiger partial charge in [-0.25, -0.2) is 9.97 Å². The lowest BCUT2D eigenvalue weighted by molar-refractivity contribution is -0.118. The van der Waals surface area contributed by atoms with E-state index < -0.39 is 0 Å². The topological polar surface area (TPSA) is 106 Å². The zero-order chi connectivity index (χ0) is 22.8. The third-order valence-electron chi connectivity index (χ3n) is 5.28. The number of anilines is 1. The number of nitrogens with one attached hydrogen (secondary N) is 2. The molecule has 1 aliphatic rings. The van der Waals surface area contributed by atoms with Crippen LogP contribution >= 0.6 is 11.8 Å². The van der Waals surface area contributed by atoms with Crippen molar-refractivity contribution < 1.29 is 18.7 Å². The van der Waals surface area contributed by atoms with Gasteiger partial charge < -0.3 is 19.8 Å². The van der Waals surface area contributed by atoms with E-state index in [2.05, 4.69) is 20.6 Å². The normalized spacial score (nSPS) is 13.7. The van der Waals surface area contributed by atoms with Crippen LogP contribution in [-0.4, -0.2) is 28.4 Å². The van der Waals surface area contributed by atoms with E-state index in [1.54, 1.807) is 30.6 Å². The summed E-state index contributed by atoms with van der Waals surface area (Å²) in [6, 6.07) is 14.5. The maximum atomic E-state index is 13.2. The molecular weight excluding hydrogens is 440 g/mol. The molecule has 33 heavy (non-hydrogen) atoms. The third-order valence-corrected chi connectivity index (χ3v) is 6.18. The molecule has 1 aliphatic heterocycles. The van der Waals surface area contributed by atoms with Crippen LogP contribution < -0.4 is 15.4 Å². The molecule has 8 nitrogen and oxygen atoms in total. The number of aromatic nitrogens is 2. The molecule has 0 bridgehead atoms. The minimum atomic E-state index is -0.326. The number of benzene rings is 2. The van der Waals surface area contributed by atoms with Gasteiger partial charge in [0.2, 0.25) is 0 Å². The summed E-state index contributed by atoms with van der Waals surface area (Å²) in [5.41, 5.74) is 2.86. The van der Waals surface area contributed by atoms with Crippen LogP contribution in [0.3, 0.4) is 0 Å². The molecule has 0 saturated carbocycles. The van der Waals surface area contributed by atoms with Crippen molar-refractivity contribution in [2.45, 2.75) is 23.9 Å². The van der Waals surface area contributed by atoms with Gasteiger partial charge in [0.15, 0.2) is 17.5 Å². The maximum Gasteiger partial charge on any atom is 0.287 e. The second kappa shape index (κ2) is 8.95. The summed E-state index contributed by atoms with van der Waals surface area (Å²) in [4.78, 5) is 33.3. The second-order valence-corrected chi connectivity index (χ2v) is 8.46. The third kappa shape index (κ3) is 4.40. The molecule has 0 fully saturated rings. The van der Waals surface area contributed by atoms with Crippen molar-refractivity contribution >= 4 is 40.2 Å². The lowest BCUT2D eigenvalue weighted by Crippen LogP contribution is -2.28. The highest BCUT2D eigenvalue weighted by Crippen LogP contribution is 2.33. The van der Waals surface area contributed by atoms with Crippen LogP contribution in [0.5, 0.6) is 5.75 Å². The summed E-state index contributed by atoms with van der Waals surface area (Å²) >= 11 is 1.44. The van der Waals surface area contributed by atoms with E-state index in [1.807, 2.05) is 37.3 Å². The fourth-order valence-electron chi connectivity index (χ4n) is 3.64. The minimum Gasteiger partial charge on any atom is -0.482 e. The standard InChI is InChI=1S/C24H20N4O4S/c1-14(15-7-8-20-18(11-15)28-21(29)12-31-20)27-23(30)22-17(13-33-24-25-9-4-10-26-24)16-5-2-3-6-19(16)32-22/h2-11,14H,12-13H2,1H3,(H,27,30)(H,28,29). The Morgan fingerprint density at radius 1 is 1.18 bits per heavy atom. The van der Waals surface area contributed by atoms with E-state index in [-0.39, 0.29) is 30.2 Å². The minimum absolute atomic E-state index is 0.000497. The number of fused-ring (bicyclic) bond motifs is 2. The van der Waals surface area contributed by atoms with Gasteiger partial charge >= 0.3 is 0 Å². The van der Waals surface area contributed by atoms with E-state index >= 15 is 0 Å². The number of hydrogen-bond acceptors (Lipinski definition) is 7. The van der Waals surface area contributed by atoms with Crippen molar-refractivity contribution in [3.8, 4) is 5.75 Å². The first-order chi connectivity index (χ1) is 16.1. The number of thioether (sulfide) groups is 1. The predicted octanol–water partition coefficient (Wildman–Crippen LogP) is 4.34. The number of ether oxygens (including phenoxy) is 1. The molecule has 0 spiro atoms. The summed E-state index contributed by atoms with van der Waals surface area (Å²) in [6.45, 7) is 1.87. The average Bonchev–Trinajstić information content (AvgIpc) is 3.21. The van der Waals surface area contributed by atoms with Crippen molar-refractivity contribution in [2.75, 3.05) is 11.9 Å². The van der Waals surface area contributed by atoms with Crippen molar-refractivity contribution in [3.05, 3.63) is 77.8 Å². The summed E-state index contributed by atoms with van der Waals surface area (Å²) in [5.74, 6) is 0.836. The van der Waals surface area contributed by atoms with Gasteiger partial charge in [-0.05, 0) is 36.8 Å². The van der Waals surface area contributed by atoms with Crippen LogP contribution in [0.1, 0.15) is 34.6 Å². The van der Waals surface area contributed by atoms with Crippen LogP contribution in [0.25, 0.3) is 11.0 Å². The van der Waals surface area contributed by atoms with Gasteiger partial charge in [0, 0.05) is 29.1 Å². The van der Waals surface area contributed by atoms with Gasteiger partial charge in [-0.2, -0.15) is 0 Å². The molecule has 2 aromatic heterocycles. The first-order valence-corrected chi connectivity index (χ1v) is 11.3. The first kappa shape index (κ1) is 21.0. The summed E-state index contributed by atoms with van der Waals surface area (Å²) in [5, 5.41) is 7.30. The smallest absolute Gasteiger partial charge is 0.287 e. The SMILES string of the molecule is CC(NC(=O)c1oc2ccccc2c1CSc1ncccn1)c1ccc2c(c1)NC(=O)CO2. The summed E-state index contributed by atoms with van der Waals surface area (Å²) in [6.07, 6.45) is 3.37. The Kier molecular flexibility index (Phi) is 5.70. The van der Waals surface area contributed by atoms with Gasteiger partial charge in [-0.1, -0.05) is 36.0 Å². The Morgan fingerprint density at radius 3 is 2.85 bits per heavy atom. The summed E-state index contributed by atoms with van der Waals surface area (Å²) < 4.78 is 11.4. The number of amides is 2. The zero-order valence-electron chi connectivity index (χ0n) is 17.7. The molecule has 1 unspecified atom stereocenters. The van der Waals surface area contributed by atoms with Crippen molar-refractivity contribution in [2.24, 2.45) is 0 Å². The Labute approximate surface area is 193 Å². The van der Waals surface area contributed by atoms with Crippen molar-refractivity contribution in [1.29, 1.82) is 0 Å². The average molecular weight is 461 g/mol. The fraction of sp³-hybridized carbons (Fsp3) is 0.167. The van der Waals surface area contributed by atoms with E-state index in [9.17, 15) is 9.59 Å². The molecule has 0 saturated heterocycles. The number of nitrogens with zero attached hydrogens (tertiary/aromatic N) is 2. The van der Waals surface area contributed by atoms with Crippen molar-refractivity contribution in [3.63, 3.8) is 0 Å². The van der Waals surface area contributed by atoms with Crippen molar-refractivity contribution in [1.82, 2.24) is 15.3 Å². The van der Waals surface area contributed by atoms with Crippen LogP contribution in [0.4, 0.5) is 5.69 Å². The highest BCUT2D eigenvalue weighted by Gasteiger charge is 2.23. The zero-order valence-corrected chi connectivity index (χ0v) is 18.5. The quantitative estimate of drug-likeness (QED) is 0.326. The number of carbonyl (C=O) groups excluding carboxylic acids is 2. The fourth-order valence-corrected chi connectivity index (χ4v) is 4.47. The van der Waals surface area contributed by atoms with Gasteiger partial charge in [0.1, 0.15) is 11.3 Å². The molecule has 0 aliphatic carbocycles. The van der Waals surface area contributed by atoms with Crippen LogP contribution in [0.15, 0.2) is 70.5 Å². The van der Waals surface area contributed by atoms with Gasteiger partial charge in [0.25, 0.3) is 11.8 Å². The Hall–Kier alpha value is -3.85. The van der Waals surface area contributed by atoms with Gasteiger partial charge in [-0.15, -0.1) is 0 Å². The van der Waals surface area contributed by atoms with E-state index in [4.69, 9.17) is 9.15 Å². The number of carbonyl (C=O) groups is 2. The lowest BCUT2D eigenvalue weighted by Gasteiger charge is -2.20. The molecule has 166 valence electrons. The van der Waals surface area contributed by atoms with E-state index in [0.29, 0.717) is 27.9 Å². The Morgan fingerprint density at radius 2 is 2.00 bits per heavy atom. The molecule has 2 N–H and O–H groups in total.